The van der Waals surface area contributed by atoms with Gasteiger partial charge in [-0.25, -0.2) is 0 Å². The van der Waals surface area contributed by atoms with Gasteiger partial charge < -0.3 is 14.2 Å². The van der Waals surface area contributed by atoms with Crippen LogP contribution in [0.2, 0.25) is 0 Å². The smallest absolute Gasteiger partial charge is 0.310 e. The molecule has 0 aromatic heterocycles. The van der Waals surface area contributed by atoms with Crippen LogP contribution in [0.1, 0.15) is 12.5 Å². The topological polar surface area (TPSA) is 48.0 Å². The molecule has 0 amide bonds. The highest BCUT2D eigenvalue weighted by Crippen LogP contribution is 2.12. The summed E-state index contributed by atoms with van der Waals surface area (Å²) < 4.78 is 15.9. The van der Waals surface area contributed by atoms with Crippen molar-refractivity contribution in [3.8, 4) is 5.75 Å². The van der Waals surface area contributed by atoms with E-state index in [4.69, 9.17) is 14.2 Å². The summed E-state index contributed by atoms with van der Waals surface area (Å²) in [5.74, 6) is 0.591. The van der Waals surface area contributed by atoms with Crippen molar-refractivity contribution >= 4 is 5.97 Å². The molecule has 0 bridgehead atoms. The fraction of sp³-hybridized carbons (Fsp3) is 0.562. The second-order valence-electron chi connectivity index (χ2n) is 5.24. The van der Waals surface area contributed by atoms with Crippen LogP contribution in [0, 0.1) is 0 Å². The Hall–Kier alpha value is -1.59. The molecular formula is C16H23NO4. The van der Waals surface area contributed by atoms with Crippen molar-refractivity contribution in [2.75, 3.05) is 40.0 Å². The Labute approximate surface area is 125 Å². The SMILES string of the molecule is COc1ccc(CC(=O)O[C@@H](C)CN2CCOCC2)cc1. The molecule has 5 heteroatoms. The number of esters is 1. The molecule has 21 heavy (non-hydrogen) atoms. The maximum atomic E-state index is 11.9. The van der Waals surface area contributed by atoms with Crippen molar-refractivity contribution in [2.24, 2.45) is 0 Å². The third kappa shape index (κ3) is 5.36. The Morgan fingerprint density at radius 3 is 2.57 bits per heavy atom. The molecule has 1 aromatic rings. The van der Waals surface area contributed by atoms with E-state index in [0.29, 0.717) is 0 Å². The van der Waals surface area contributed by atoms with Crippen LogP contribution in [-0.4, -0.2) is 56.9 Å². The maximum absolute atomic E-state index is 11.9. The molecule has 1 heterocycles. The average molecular weight is 293 g/mol. The molecule has 116 valence electrons. The number of carbonyl (C=O) groups excluding carboxylic acids is 1. The second-order valence-corrected chi connectivity index (χ2v) is 5.24. The molecule has 0 spiro atoms. The number of hydrogen-bond acceptors (Lipinski definition) is 5. The molecule has 0 aliphatic carbocycles. The van der Waals surface area contributed by atoms with Gasteiger partial charge >= 0.3 is 5.97 Å². The highest BCUT2D eigenvalue weighted by molar-refractivity contribution is 5.72. The van der Waals surface area contributed by atoms with Crippen LogP contribution in [0.5, 0.6) is 5.75 Å². The minimum absolute atomic E-state index is 0.103. The zero-order valence-electron chi connectivity index (χ0n) is 12.7. The Morgan fingerprint density at radius 2 is 1.95 bits per heavy atom. The molecule has 0 unspecified atom stereocenters. The molecule has 1 aliphatic rings. The normalized spacial score (nSPS) is 17.2. The van der Waals surface area contributed by atoms with E-state index in [1.807, 2.05) is 31.2 Å². The van der Waals surface area contributed by atoms with Gasteiger partial charge in [0.25, 0.3) is 0 Å². The van der Waals surface area contributed by atoms with E-state index in [9.17, 15) is 4.79 Å². The molecule has 1 saturated heterocycles. The van der Waals surface area contributed by atoms with Crippen LogP contribution < -0.4 is 4.74 Å². The van der Waals surface area contributed by atoms with Crippen LogP contribution in [0.25, 0.3) is 0 Å². The number of ether oxygens (including phenoxy) is 3. The van der Waals surface area contributed by atoms with Gasteiger partial charge in [-0.1, -0.05) is 12.1 Å². The van der Waals surface area contributed by atoms with Gasteiger partial charge in [0.2, 0.25) is 0 Å². The summed E-state index contributed by atoms with van der Waals surface area (Å²) in [6, 6.07) is 7.46. The van der Waals surface area contributed by atoms with Crippen molar-refractivity contribution in [3.63, 3.8) is 0 Å². The first-order valence-corrected chi connectivity index (χ1v) is 7.30. The minimum Gasteiger partial charge on any atom is -0.497 e. The number of carbonyl (C=O) groups is 1. The van der Waals surface area contributed by atoms with Gasteiger partial charge in [0.05, 0.1) is 26.7 Å². The van der Waals surface area contributed by atoms with Crippen molar-refractivity contribution < 1.29 is 19.0 Å². The first-order valence-electron chi connectivity index (χ1n) is 7.30. The van der Waals surface area contributed by atoms with E-state index in [-0.39, 0.29) is 18.5 Å². The van der Waals surface area contributed by atoms with Gasteiger partial charge in [-0.05, 0) is 24.6 Å². The van der Waals surface area contributed by atoms with Gasteiger partial charge in [0.15, 0.2) is 0 Å². The third-order valence-electron chi connectivity index (χ3n) is 3.46. The van der Waals surface area contributed by atoms with Gasteiger partial charge in [0, 0.05) is 19.6 Å². The summed E-state index contributed by atoms with van der Waals surface area (Å²) in [6.45, 7) is 6.01. The Morgan fingerprint density at radius 1 is 1.29 bits per heavy atom. The lowest BCUT2D eigenvalue weighted by Gasteiger charge is -2.28. The highest BCUT2D eigenvalue weighted by atomic mass is 16.5. The van der Waals surface area contributed by atoms with Crippen molar-refractivity contribution in [1.29, 1.82) is 0 Å². The van der Waals surface area contributed by atoms with Crippen molar-refractivity contribution in [2.45, 2.75) is 19.4 Å². The van der Waals surface area contributed by atoms with Gasteiger partial charge in [-0.2, -0.15) is 0 Å². The lowest BCUT2D eigenvalue weighted by molar-refractivity contribution is -0.148. The first kappa shape index (κ1) is 15.8. The van der Waals surface area contributed by atoms with Crippen LogP contribution in [-0.2, 0) is 20.7 Å². The Bertz CT molecular complexity index is 440. The fourth-order valence-corrected chi connectivity index (χ4v) is 2.36. The monoisotopic (exact) mass is 293 g/mol. The molecule has 2 rings (SSSR count). The van der Waals surface area contributed by atoms with Gasteiger partial charge in [-0.3, -0.25) is 9.69 Å². The standard InChI is InChI=1S/C16H23NO4/c1-13(12-17-7-9-20-10-8-17)21-16(18)11-14-3-5-15(19-2)6-4-14/h3-6,13H,7-12H2,1-2H3/t13-/m0/s1. The maximum Gasteiger partial charge on any atom is 0.310 e. The summed E-state index contributed by atoms with van der Waals surface area (Å²) in [5, 5.41) is 0. The quantitative estimate of drug-likeness (QED) is 0.744. The number of morpholine rings is 1. The number of methoxy groups -OCH3 is 1. The van der Waals surface area contributed by atoms with Crippen molar-refractivity contribution in [1.82, 2.24) is 4.90 Å². The minimum atomic E-state index is -0.194. The molecule has 0 N–H and O–H groups in total. The Kier molecular flexibility index (Phi) is 6.02. The number of nitrogens with zero attached hydrogens (tertiary/aromatic N) is 1. The molecule has 1 aliphatic heterocycles. The predicted molar refractivity (Wildman–Crippen MR) is 79.5 cm³/mol. The van der Waals surface area contributed by atoms with E-state index in [0.717, 1.165) is 44.2 Å². The number of rotatable bonds is 6. The Balaban J connectivity index is 1.74. The summed E-state index contributed by atoms with van der Waals surface area (Å²) in [6.07, 6.45) is 0.186. The van der Waals surface area contributed by atoms with Gasteiger partial charge in [0.1, 0.15) is 11.9 Å². The van der Waals surface area contributed by atoms with Crippen molar-refractivity contribution in [3.05, 3.63) is 29.8 Å². The summed E-state index contributed by atoms with van der Waals surface area (Å²) in [4.78, 5) is 14.2. The summed E-state index contributed by atoms with van der Waals surface area (Å²) in [5.41, 5.74) is 0.930. The first-order chi connectivity index (χ1) is 10.2. The van der Waals surface area contributed by atoms with E-state index < -0.39 is 0 Å². The van der Waals surface area contributed by atoms with Crippen LogP contribution in [0.4, 0.5) is 0 Å². The van der Waals surface area contributed by atoms with Gasteiger partial charge in [-0.15, -0.1) is 0 Å². The summed E-state index contributed by atoms with van der Waals surface area (Å²) >= 11 is 0. The molecule has 1 aromatic carbocycles. The molecule has 0 radical (unpaired) electrons. The zero-order valence-corrected chi connectivity index (χ0v) is 12.7. The second kappa shape index (κ2) is 8.00. The molecule has 0 saturated carbocycles. The number of hydrogen-bond donors (Lipinski definition) is 0. The van der Waals surface area contributed by atoms with Crippen LogP contribution >= 0.6 is 0 Å². The zero-order chi connectivity index (χ0) is 15.1. The average Bonchev–Trinajstić information content (AvgIpc) is 2.48. The third-order valence-corrected chi connectivity index (χ3v) is 3.46. The lowest BCUT2D eigenvalue weighted by Crippen LogP contribution is -2.41. The van der Waals surface area contributed by atoms with E-state index in [1.54, 1.807) is 7.11 Å². The van der Waals surface area contributed by atoms with E-state index in [2.05, 4.69) is 4.90 Å². The number of benzene rings is 1. The summed E-state index contributed by atoms with van der Waals surface area (Å²) in [7, 11) is 1.62. The van der Waals surface area contributed by atoms with E-state index >= 15 is 0 Å². The van der Waals surface area contributed by atoms with Crippen LogP contribution in [0.15, 0.2) is 24.3 Å². The fourth-order valence-electron chi connectivity index (χ4n) is 2.36. The highest BCUT2D eigenvalue weighted by Gasteiger charge is 2.16. The molecule has 1 atom stereocenters. The molecule has 1 fully saturated rings. The van der Waals surface area contributed by atoms with Crippen LogP contribution in [0.3, 0.4) is 0 Å². The van der Waals surface area contributed by atoms with E-state index in [1.165, 1.54) is 0 Å². The predicted octanol–water partition coefficient (Wildman–Crippen LogP) is 1.50. The lowest BCUT2D eigenvalue weighted by atomic mass is 10.1. The largest absolute Gasteiger partial charge is 0.497 e. The molecular weight excluding hydrogens is 270 g/mol. The molecule has 5 nitrogen and oxygen atoms in total.